The number of ether oxygens (including phenoxy) is 2. The molecule has 2 aromatic rings. The summed E-state index contributed by atoms with van der Waals surface area (Å²) in [6.45, 7) is 6.38. The number of benzene rings is 2. The standard InChI is InChI=1S/C25H31N3O5/c1-18(29)26-16-23-17-28(25(31)33-23)22-8-6-20(7-9-22)19-2-4-21(5-3-19)24(30)10-11-27-12-14-32-15-13-27/h2-9,23-24,30H,10-17H2,1H3,(H,26,29). The van der Waals surface area contributed by atoms with Crippen LogP contribution in [0, 0.1) is 0 Å². The summed E-state index contributed by atoms with van der Waals surface area (Å²) >= 11 is 0. The average Bonchev–Trinajstić information content (AvgIpc) is 3.22. The molecule has 0 radical (unpaired) electrons. The van der Waals surface area contributed by atoms with Gasteiger partial charge >= 0.3 is 6.09 Å². The molecule has 2 aliphatic heterocycles. The van der Waals surface area contributed by atoms with Crippen LogP contribution >= 0.6 is 0 Å². The number of nitrogens with zero attached hydrogens (tertiary/aromatic N) is 2. The highest BCUT2D eigenvalue weighted by molar-refractivity contribution is 5.90. The molecule has 0 bridgehead atoms. The van der Waals surface area contributed by atoms with E-state index >= 15 is 0 Å². The van der Waals surface area contributed by atoms with Gasteiger partial charge in [0, 0.05) is 32.2 Å². The zero-order chi connectivity index (χ0) is 23.2. The quantitative estimate of drug-likeness (QED) is 0.639. The minimum Gasteiger partial charge on any atom is -0.442 e. The fourth-order valence-electron chi connectivity index (χ4n) is 4.12. The molecule has 0 spiro atoms. The van der Waals surface area contributed by atoms with Crippen molar-refractivity contribution in [2.45, 2.75) is 25.6 Å². The second kappa shape index (κ2) is 10.8. The summed E-state index contributed by atoms with van der Waals surface area (Å²) in [6.07, 6.45) is -0.559. The molecule has 8 nitrogen and oxygen atoms in total. The molecular weight excluding hydrogens is 422 g/mol. The maximum Gasteiger partial charge on any atom is 0.414 e. The third-order valence-corrected chi connectivity index (χ3v) is 6.08. The first kappa shape index (κ1) is 23.2. The van der Waals surface area contributed by atoms with Crippen LogP contribution in [0.4, 0.5) is 10.5 Å². The SMILES string of the molecule is CC(=O)NCC1CN(c2ccc(-c3ccc(C(O)CCN4CCOCC4)cc3)cc2)C(=O)O1. The molecule has 2 aliphatic rings. The molecule has 176 valence electrons. The Morgan fingerprint density at radius 2 is 1.73 bits per heavy atom. The van der Waals surface area contributed by atoms with E-state index in [1.807, 2.05) is 48.5 Å². The fourth-order valence-corrected chi connectivity index (χ4v) is 4.12. The average molecular weight is 454 g/mol. The van der Waals surface area contributed by atoms with Crippen LogP contribution in [0.1, 0.15) is 25.0 Å². The number of nitrogens with one attached hydrogen (secondary N) is 1. The van der Waals surface area contributed by atoms with Crippen molar-refractivity contribution in [1.29, 1.82) is 0 Å². The largest absolute Gasteiger partial charge is 0.442 e. The first-order valence-electron chi connectivity index (χ1n) is 11.4. The summed E-state index contributed by atoms with van der Waals surface area (Å²) in [6, 6.07) is 15.7. The summed E-state index contributed by atoms with van der Waals surface area (Å²) in [5.41, 5.74) is 3.73. The lowest BCUT2D eigenvalue weighted by atomic mass is 10.00. The Kier molecular flexibility index (Phi) is 7.59. The summed E-state index contributed by atoms with van der Waals surface area (Å²) in [7, 11) is 0. The highest BCUT2D eigenvalue weighted by atomic mass is 16.6. The molecule has 2 aromatic carbocycles. The lowest BCUT2D eigenvalue weighted by molar-refractivity contribution is -0.119. The third-order valence-electron chi connectivity index (χ3n) is 6.08. The topological polar surface area (TPSA) is 91.3 Å². The lowest BCUT2D eigenvalue weighted by Gasteiger charge is -2.27. The van der Waals surface area contributed by atoms with E-state index in [2.05, 4.69) is 10.2 Å². The van der Waals surface area contributed by atoms with Crippen LogP contribution < -0.4 is 10.2 Å². The molecule has 0 aliphatic carbocycles. The first-order valence-corrected chi connectivity index (χ1v) is 11.4. The van der Waals surface area contributed by atoms with E-state index in [-0.39, 0.29) is 12.0 Å². The molecule has 2 unspecified atom stereocenters. The van der Waals surface area contributed by atoms with Gasteiger partial charge in [-0.25, -0.2) is 4.79 Å². The Bertz CT molecular complexity index is 942. The number of rotatable bonds is 8. The normalized spacial score (nSPS) is 19.9. The van der Waals surface area contributed by atoms with Gasteiger partial charge < -0.3 is 19.9 Å². The summed E-state index contributed by atoms with van der Waals surface area (Å²) < 4.78 is 10.7. The van der Waals surface area contributed by atoms with Crippen molar-refractivity contribution in [3.63, 3.8) is 0 Å². The zero-order valence-electron chi connectivity index (χ0n) is 18.9. The van der Waals surface area contributed by atoms with Gasteiger partial charge in [0.25, 0.3) is 0 Å². The van der Waals surface area contributed by atoms with Crippen LogP contribution in [0.2, 0.25) is 0 Å². The van der Waals surface area contributed by atoms with E-state index in [1.54, 1.807) is 4.90 Å². The molecule has 0 aromatic heterocycles. The maximum absolute atomic E-state index is 12.2. The van der Waals surface area contributed by atoms with Crippen LogP contribution in [0.25, 0.3) is 11.1 Å². The van der Waals surface area contributed by atoms with Gasteiger partial charge in [0.15, 0.2) is 0 Å². The Balaban J connectivity index is 1.33. The molecule has 2 heterocycles. The predicted octanol–water partition coefficient (Wildman–Crippen LogP) is 2.57. The summed E-state index contributed by atoms with van der Waals surface area (Å²) in [5.74, 6) is -0.149. The monoisotopic (exact) mass is 453 g/mol. The van der Waals surface area contributed by atoms with E-state index in [0.29, 0.717) is 19.5 Å². The van der Waals surface area contributed by atoms with Gasteiger partial charge in [-0.05, 0) is 35.2 Å². The Hall–Kier alpha value is -2.94. The van der Waals surface area contributed by atoms with Crippen molar-refractivity contribution in [1.82, 2.24) is 10.2 Å². The maximum atomic E-state index is 12.2. The van der Waals surface area contributed by atoms with Crippen molar-refractivity contribution >= 4 is 17.7 Å². The Morgan fingerprint density at radius 1 is 1.09 bits per heavy atom. The van der Waals surface area contributed by atoms with Gasteiger partial charge in [-0.1, -0.05) is 36.4 Å². The van der Waals surface area contributed by atoms with Crippen molar-refractivity contribution in [3.05, 3.63) is 54.1 Å². The Morgan fingerprint density at radius 3 is 2.36 bits per heavy atom. The lowest BCUT2D eigenvalue weighted by Crippen LogP contribution is -2.37. The number of anilines is 1. The molecule has 8 heteroatoms. The number of cyclic esters (lactones) is 1. The second-order valence-corrected chi connectivity index (χ2v) is 8.48. The van der Waals surface area contributed by atoms with E-state index in [9.17, 15) is 14.7 Å². The number of hydrogen-bond acceptors (Lipinski definition) is 6. The molecule has 2 amide bonds. The summed E-state index contributed by atoms with van der Waals surface area (Å²) in [4.78, 5) is 27.2. The minimum absolute atomic E-state index is 0.149. The number of aliphatic hydroxyl groups excluding tert-OH is 1. The van der Waals surface area contributed by atoms with E-state index in [4.69, 9.17) is 9.47 Å². The molecule has 2 N–H and O–H groups in total. The molecule has 33 heavy (non-hydrogen) atoms. The molecule has 2 fully saturated rings. The van der Waals surface area contributed by atoms with Gasteiger partial charge in [0.2, 0.25) is 5.91 Å². The van der Waals surface area contributed by atoms with E-state index < -0.39 is 12.2 Å². The van der Waals surface area contributed by atoms with Crippen LogP contribution in [-0.4, -0.2) is 74.0 Å². The number of aliphatic hydroxyl groups is 1. The number of carbonyl (C=O) groups excluding carboxylic acids is 2. The highest BCUT2D eigenvalue weighted by Crippen LogP contribution is 2.27. The highest BCUT2D eigenvalue weighted by Gasteiger charge is 2.32. The van der Waals surface area contributed by atoms with E-state index in [1.165, 1.54) is 6.92 Å². The second-order valence-electron chi connectivity index (χ2n) is 8.48. The minimum atomic E-state index is -0.490. The van der Waals surface area contributed by atoms with Crippen molar-refractivity contribution in [2.24, 2.45) is 0 Å². The van der Waals surface area contributed by atoms with Gasteiger partial charge in [-0.3, -0.25) is 14.6 Å². The van der Waals surface area contributed by atoms with Crippen molar-refractivity contribution < 1.29 is 24.2 Å². The van der Waals surface area contributed by atoms with E-state index in [0.717, 1.165) is 55.2 Å². The number of amides is 2. The molecular formula is C25H31N3O5. The predicted molar refractivity (Wildman–Crippen MR) is 125 cm³/mol. The summed E-state index contributed by atoms with van der Waals surface area (Å²) in [5, 5.41) is 13.2. The number of morpholine rings is 1. The fraction of sp³-hybridized carbons (Fsp3) is 0.440. The van der Waals surface area contributed by atoms with Crippen molar-refractivity contribution in [2.75, 3.05) is 50.8 Å². The van der Waals surface area contributed by atoms with Crippen LogP contribution in [0.15, 0.2) is 48.5 Å². The molecule has 2 saturated heterocycles. The first-order chi connectivity index (χ1) is 16.0. The van der Waals surface area contributed by atoms with Gasteiger partial charge in [0.1, 0.15) is 6.10 Å². The van der Waals surface area contributed by atoms with Gasteiger partial charge in [-0.15, -0.1) is 0 Å². The molecule has 4 rings (SSSR count). The zero-order valence-corrected chi connectivity index (χ0v) is 18.9. The van der Waals surface area contributed by atoms with Gasteiger partial charge in [0.05, 0.1) is 32.4 Å². The van der Waals surface area contributed by atoms with Crippen LogP contribution in [-0.2, 0) is 14.3 Å². The Labute approximate surface area is 194 Å². The third kappa shape index (κ3) is 6.10. The number of carbonyl (C=O) groups is 2. The smallest absolute Gasteiger partial charge is 0.414 e. The van der Waals surface area contributed by atoms with Crippen molar-refractivity contribution in [3.8, 4) is 11.1 Å². The van der Waals surface area contributed by atoms with Crippen LogP contribution in [0.3, 0.4) is 0 Å². The number of hydrogen-bond donors (Lipinski definition) is 2. The molecule has 2 atom stereocenters. The van der Waals surface area contributed by atoms with Crippen LogP contribution in [0.5, 0.6) is 0 Å². The van der Waals surface area contributed by atoms with Gasteiger partial charge in [-0.2, -0.15) is 0 Å². The molecule has 0 saturated carbocycles.